The monoisotopic (exact) mass is 320 g/mol. The fourth-order valence-corrected chi connectivity index (χ4v) is 2.10. The second kappa shape index (κ2) is 5.84. The van der Waals surface area contributed by atoms with Gasteiger partial charge in [-0.15, -0.1) is 0 Å². The van der Waals surface area contributed by atoms with E-state index in [1.54, 1.807) is 54.5 Å². The number of phenols is 1. The first kappa shape index (κ1) is 13.5. The predicted octanol–water partition coefficient (Wildman–Crippen LogP) is 2.82. The molecule has 1 amide bonds. The van der Waals surface area contributed by atoms with Crippen LogP contribution >= 0.6 is 15.9 Å². The second-order valence-corrected chi connectivity index (χ2v) is 5.02. The number of carbonyl (C=O) groups excluding carboxylic acids is 1. The molecule has 4 nitrogen and oxygen atoms in total. The van der Waals surface area contributed by atoms with Gasteiger partial charge >= 0.3 is 0 Å². The van der Waals surface area contributed by atoms with Crippen LogP contribution in [0.2, 0.25) is 0 Å². The van der Waals surface area contributed by atoms with Crippen molar-refractivity contribution in [3.05, 3.63) is 58.3 Å². The van der Waals surface area contributed by atoms with Crippen LogP contribution in [0.1, 0.15) is 16.1 Å². The lowest BCUT2D eigenvalue weighted by atomic mass is 10.2. The molecule has 0 aliphatic heterocycles. The minimum Gasteiger partial charge on any atom is -0.508 e. The largest absolute Gasteiger partial charge is 0.508 e. The highest BCUT2D eigenvalue weighted by molar-refractivity contribution is 9.10. The SMILES string of the molecule is CN(Cc1ccc(O)cc1)C(=O)c1ncccc1Br. The Morgan fingerprint density at radius 1 is 1.32 bits per heavy atom. The Labute approximate surface area is 119 Å². The molecule has 0 aliphatic rings. The molecule has 0 aliphatic carbocycles. The van der Waals surface area contributed by atoms with Crippen molar-refractivity contribution >= 4 is 21.8 Å². The van der Waals surface area contributed by atoms with E-state index in [1.807, 2.05) is 0 Å². The molecular formula is C14H13BrN2O2. The van der Waals surface area contributed by atoms with E-state index in [-0.39, 0.29) is 11.7 Å². The van der Waals surface area contributed by atoms with E-state index < -0.39 is 0 Å². The van der Waals surface area contributed by atoms with Crippen molar-refractivity contribution in [1.82, 2.24) is 9.88 Å². The van der Waals surface area contributed by atoms with Crippen molar-refractivity contribution in [2.24, 2.45) is 0 Å². The summed E-state index contributed by atoms with van der Waals surface area (Å²) in [5.41, 5.74) is 1.34. The highest BCUT2D eigenvalue weighted by Crippen LogP contribution is 2.17. The Kier molecular flexibility index (Phi) is 4.16. The van der Waals surface area contributed by atoms with Crippen LogP contribution in [0.3, 0.4) is 0 Å². The van der Waals surface area contributed by atoms with E-state index in [9.17, 15) is 9.90 Å². The lowest BCUT2D eigenvalue weighted by molar-refractivity contribution is 0.0778. The fraction of sp³-hybridized carbons (Fsp3) is 0.143. The number of pyridine rings is 1. The number of halogens is 1. The molecule has 2 aromatic rings. The van der Waals surface area contributed by atoms with Gasteiger partial charge in [0.05, 0.1) is 0 Å². The standard InChI is InChI=1S/C14H13BrN2O2/c1-17(9-10-4-6-11(18)7-5-10)14(19)13-12(15)3-2-8-16-13/h2-8,18H,9H2,1H3. The maximum Gasteiger partial charge on any atom is 0.273 e. The zero-order chi connectivity index (χ0) is 13.8. The number of hydrogen-bond acceptors (Lipinski definition) is 3. The first-order chi connectivity index (χ1) is 9.08. The molecule has 0 unspecified atom stereocenters. The first-order valence-electron chi connectivity index (χ1n) is 5.72. The molecule has 0 bridgehead atoms. The van der Waals surface area contributed by atoms with Crippen LogP contribution < -0.4 is 0 Å². The van der Waals surface area contributed by atoms with Crippen molar-refractivity contribution in [1.29, 1.82) is 0 Å². The minimum atomic E-state index is -0.152. The molecule has 1 aromatic heterocycles. The summed E-state index contributed by atoms with van der Waals surface area (Å²) in [4.78, 5) is 17.9. The minimum absolute atomic E-state index is 0.152. The molecule has 1 heterocycles. The molecule has 2 rings (SSSR count). The van der Waals surface area contributed by atoms with Gasteiger partial charge in [0.25, 0.3) is 5.91 Å². The number of phenolic OH excluding ortho intramolecular Hbond substituents is 1. The van der Waals surface area contributed by atoms with Crippen molar-refractivity contribution in [3.63, 3.8) is 0 Å². The van der Waals surface area contributed by atoms with E-state index in [2.05, 4.69) is 20.9 Å². The Bertz CT molecular complexity index is 584. The highest BCUT2D eigenvalue weighted by Gasteiger charge is 2.16. The molecule has 98 valence electrons. The molecule has 0 spiro atoms. The molecule has 5 heteroatoms. The Morgan fingerprint density at radius 3 is 2.63 bits per heavy atom. The van der Waals surface area contributed by atoms with Crippen LogP contribution in [0.25, 0.3) is 0 Å². The quantitative estimate of drug-likeness (QED) is 0.946. The summed E-state index contributed by atoms with van der Waals surface area (Å²) >= 11 is 3.32. The van der Waals surface area contributed by atoms with Crippen molar-refractivity contribution in [2.75, 3.05) is 7.05 Å². The summed E-state index contributed by atoms with van der Waals surface area (Å²) in [6, 6.07) is 10.3. The van der Waals surface area contributed by atoms with Crippen molar-refractivity contribution in [3.8, 4) is 5.75 Å². The van der Waals surface area contributed by atoms with E-state index in [4.69, 9.17) is 0 Å². The third-order valence-corrected chi connectivity index (χ3v) is 3.30. The van der Waals surface area contributed by atoms with Crippen molar-refractivity contribution in [2.45, 2.75) is 6.54 Å². The number of aromatic nitrogens is 1. The molecular weight excluding hydrogens is 308 g/mol. The van der Waals surface area contributed by atoms with Gasteiger partial charge in [0.15, 0.2) is 0 Å². The average molecular weight is 321 g/mol. The summed E-state index contributed by atoms with van der Waals surface area (Å²) in [6.45, 7) is 0.460. The summed E-state index contributed by atoms with van der Waals surface area (Å²) in [5.74, 6) is 0.0609. The molecule has 1 aromatic carbocycles. The van der Waals surface area contributed by atoms with Crippen molar-refractivity contribution < 1.29 is 9.90 Å². The fourth-order valence-electron chi connectivity index (χ4n) is 1.67. The van der Waals surface area contributed by atoms with Gasteiger partial charge in [0.2, 0.25) is 0 Å². The van der Waals surface area contributed by atoms with Gasteiger partial charge in [-0.2, -0.15) is 0 Å². The van der Waals surface area contributed by atoms with Crippen LogP contribution in [0.4, 0.5) is 0 Å². The Morgan fingerprint density at radius 2 is 2.00 bits per heavy atom. The molecule has 19 heavy (non-hydrogen) atoms. The van der Waals surface area contributed by atoms with E-state index in [0.29, 0.717) is 16.7 Å². The van der Waals surface area contributed by atoms with Crippen LogP contribution in [0.5, 0.6) is 5.75 Å². The smallest absolute Gasteiger partial charge is 0.273 e. The zero-order valence-electron chi connectivity index (χ0n) is 10.4. The summed E-state index contributed by atoms with van der Waals surface area (Å²) in [6.07, 6.45) is 1.59. The molecule has 1 N–H and O–H groups in total. The average Bonchev–Trinajstić information content (AvgIpc) is 2.41. The zero-order valence-corrected chi connectivity index (χ0v) is 12.0. The number of benzene rings is 1. The number of rotatable bonds is 3. The number of aromatic hydroxyl groups is 1. The van der Waals surface area contributed by atoms with Gasteiger partial charge in [-0.3, -0.25) is 4.79 Å². The van der Waals surface area contributed by atoms with Gasteiger partial charge in [-0.1, -0.05) is 12.1 Å². The van der Waals surface area contributed by atoms with E-state index >= 15 is 0 Å². The normalized spacial score (nSPS) is 10.2. The van der Waals surface area contributed by atoms with Crippen LogP contribution in [-0.2, 0) is 6.54 Å². The van der Waals surface area contributed by atoms with Crippen LogP contribution in [-0.4, -0.2) is 27.9 Å². The van der Waals surface area contributed by atoms with Gasteiger partial charge in [0, 0.05) is 24.3 Å². The molecule has 0 saturated carbocycles. The number of carbonyl (C=O) groups is 1. The van der Waals surface area contributed by atoms with Crippen LogP contribution in [0.15, 0.2) is 47.1 Å². The Balaban J connectivity index is 2.12. The molecule has 0 fully saturated rings. The number of nitrogens with zero attached hydrogens (tertiary/aromatic N) is 2. The lowest BCUT2D eigenvalue weighted by Gasteiger charge is -2.17. The third kappa shape index (κ3) is 3.32. The van der Waals surface area contributed by atoms with E-state index in [0.717, 1.165) is 5.56 Å². The summed E-state index contributed by atoms with van der Waals surface area (Å²) in [7, 11) is 1.72. The highest BCUT2D eigenvalue weighted by atomic mass is 79.9. The van der Waals surface area contributed by atoms with Gasteiger partial charge in [0.1, 0.15) is 11.4 Å². The summed E-state index contributed by atoms with van der Waals surface area (Å²) in [5, 5.41) is 9.22. The maximum atomic E-state index is 12.2. The third-order valence-electron chi connectivity index (χ3n) is 2.66. The second-order valence-electron chi connectivity index (χ2n) is 4.16. The van der Waals surface area contributed by atoms with Gasteiger partial charge in [-0.05, 0) is 45.8 Å². The summed E-state index contributed by atoms with van der Waals surface area (Å²) < 4.78 is 0.678. The van der Waals surface area contributed by atoms with Crippen LogP contribution in [0, 0.1) is 0 Å². The molecule has 0 atom stereocenters. The Hall–Kier alpha value is -1.88. The number of amides is 1. The van der Waals surface area contributed by atoms with Gasteiger partial charge in [-0.25, -0.2) is 4.98 Å². The first-order valence-corrected chi connectivity index (χ1v) is 6.51. The number of hydrogen-bond donors (Lipinski definition) is 1. The van der Waals surface area contributed by atoms with E-state index in [1.165, 1.54) is 0 Å². The molecule has 0 radical (unpaired) electrons. The lowest BCUT2D eigenvalue weighted by Crippen LogP contribution is -2.27. The predicted molar refractivity (Wildman–Crippen MR) is 75.8 cm³/mol. The maximum absolute atomic E-state index is 12.2. The molecule has 0 saturated heterocycles. The van der Waals surface area contributed by atoms with Gasteiger partial charge < -0.3 is 10.0 Å². The topological polar surface area (TPSA) is 53.4 Å².